The van der Waals surface area contributed by atoms with Gasteiger partial charge in [0.15, 0.2) is 0 Å². The fraction of sp³-hybridized carbons (Fsp3) is 0.0476. The number of nitrogens with zero attached hydrogens (tertiary/aromatic N) is 3. The third-order valence-corrected chi connectivity index (χ3v) is 4.11. The van der Waals surface area contributed by atoms with E-state index in [-0.39, 0.29) is 11.3 Å². The van der Waals surface area contributed by atoms with Crippen molar-refractivity contribution in [3.8, 4) is 17.5 Å². The number of aromatic nitrogens is 1. The number of carbonyl (C=O) groups is 1. The zero-order valence-electron chi connectivity index (χ0n) is 14.9. The lowest BCUT2D eigenvalue weighted by molar-refractivity contribution is -0.384. The maximum atomic E-state index is 12.7. The molecule has 1 heterocycles. The standard InChI is InChI=1S/C21H15N3O4/c1-28-20-6-2-4-15(13-20)21(25)16(14-22)12-19-5-3-11-23(19)17-7-9-18(10-8-17)24(26)27/h2-13H,1H3/b16-12+. The largest absolute Gasteiger partial charge is 0.497 e. The van der Waals surface area contributed by atoms with E-state index < -0.39 is 10.7 Å². The molecule has 1 aromatic heterocycles. The predicted molar refractivity (Wildman–Crippen MR) is 103 cm³/mol. The van der Waals surface area contributed by atoms with Crippen LogP contribution < -0.4 is 4.74 Å². The number of non-ortho nitro benzene ring substituents is 1. The molecule has 0 bridgehead atoms. The number of ether oxygens (including phenoxy) is 1. The number of nitriles is 1. The van der Waals surface area contributed by atoms with Crippen LogP contribution in [0.5, 0.6) is 5.75 Å². The Bertz CT molecular complexity index is 1110. The molecule has 0 aliphatic carbocycles. The molecule has 0 atom stereocenters. The van der Waals surface area contributed by atoms with Crippen molar-refractivity contribution in [2.24, 2.45) is 0 Å². The van der Waals surface area contributed by atoms with E-state index in [0.717, 1.165) is 0 Å². The molecule has 7 nitrogen and oxygen atoms in total. The van der Waals surface area contributed by atoms with Crippen molar-refractivity contribution >= 4 is 17.5 Å². The molecule has 0 aliphatic rings. The zero-order chi connectivity index (χ0) is 20.1. The van der Waals surface area contributed by atoms with Gasteiger partial charge < -0.3 is 9.30 Å². The molecule has 0 radical (unpaired) electrons. The Kier molecular flexibility index (Phi) is 5.33. The Hall–Kier alpha value is -4.18. The van der Waals surface area contributed by atoms with Crippen molar-refractivity contribution < 1.29 is 14.5 Å². The van der Waals surface area contributed by atoms with Gasteiger partial charge in [0.2, 0.25) is 5.78 Å². The monoisotopic (exact) mass is 373 g/mol. The van der Waals surface area contributed by atoms with Gasteiger partial charge in [-0.25, -0.2) is 0 Å². The van der Waals surface area contributed by atoms with E-state index in [1.807, 2.05) is 6.07 Å². The summed E-state index contributed by atoms with van der Waals surface area (Å²) < 4.78 is 6.86. The highest BCUT2D eigenvalue weighted by Crippen LogP contribution is 2.21. The lowest BCUT2D eigenvalue weighted by atomic mass is 10.0. The average Bonchev–Trinajstić information content (AvgIpc) is 3.19. The van der Waals surface area contributed by atoms with Gasteiger partial charge in [-0.15, -0.1) is 0 Å². The van der Waals surface area contributed by atoms with Crippen LogP contribution in [0.3, 0.4) is 0 Å². The number of Topliss-reactive ketones (excluding diaryl/α,β-unsaturated/α-hetero) is 1. The molecule has 0 saturated heterocycles. The molecular formula is C21H15N3O4. The van der Waals surface area contributed by atoms with E-state index in [4.69, 9.17) is 4.74 Å². The predicted octanol–water partition coefficient (Wildman–Crippen LogP) is 4.18. The van der Waals surface area contributed by atoms with Crippen LogP contribution in [0.1, 0.15) is 16.1 Å². The summed E-state index contributed by atoms with van der Waals surface area (Å²) in [7, 11) is 1.50. The van der Waals surface area contributed by atoms with Crippen LogP contribution in [0.15, 0.2) is 72.4 Å². The van der Waals surface area contributed by atoms with E-state index in [1.54, 1.807) is 59.3 Å². The first-order chi connectivity index (χ1) is 13.5. The third kappa shape index (κ3) is 3.81. The molecule has 0 N–H and O–H groups in total. The van der Waals surface area contributed by atoms with Gasteiger partial charge in [-0.05, 0) is 42.5 Å². The molecular weight excluding hydrogens is 358 g/mol. The van der Waals surface area contributed by atoms with Crippen LogP contribution in [-0.2, 0) is 0 Å². The van der Waals surface area contributed by atoms with Gasteiger partial charge in [0.05, 0.1) is 12.0 Å². The number of nitro groups is 1. The fourth-order valence-corrected chi connectivity index (χ4v) is 2.70. The summed E-state index contributed by atoms with van der Waals surface area (Å²) in [5.74, 6) is 0.107. The molecule has 0 unspecified atom stereocenters. The molecule has 28 heavy (non-hydrogen) atoms. The summed E-state index contributed by atoms with van der Waals surface area (Å²) in [5.41, 5.74) is 1.57. The van der Waals surface area contributed by atoms with Crippen LogP contribution in [0.25, 0.3) is 11.8 Å². The van der Waals surface area contributed by atoms with Crippen molar-refractivity contribution in [2.45, 2.75) is 0 Å². The number of hydrogen-bond acceptors (Lipinski definition) is 5. The summed E-state index contributed by atoms with van der Waals surface area (Å²) in [4.78, 5) is 23.0. The number of benzene rings is 2. The van der Waals surface area contributed by atoms with Crippen molar-refractivity contribution in [3.05, 3.63) is 93.8 Å². The molecule has 0 spiro atoms. The number of hydrogen-bond donors (Lipinski definition) is 0. The molecule has 2 aromatic carbocycles. The maximum absolute atomic E-state index is 12.7. The first-order valence-corrected chi connectivity index (χ1v) is 8.26. The van der Waals surface area contributed by atoms with Crippen LogP contribution >= 0.6 is 0 Å². The number of rotatable bonds is 6. The number of methoxy groups -OCH3 is 1. The van der Waals surface area contributed by atoms with E-state index in [1.165, 1.54) is 25.3 Å². The molecule has 7 heteroatoms. The lowest BCUT2D eigenvalue weighted by Crippen LogP contribution is -2.03. The molecule has 0 saturated carbocycles. The lowest BCUT2D eigenvalue weighted by Gasteiger charge is -2.07. The van der Waals surface area contributed by atoms with Crippen molar-refractivity contribution in [1.82, 2.24) is 4.57 Å². The van der Waals surface area contributed by atoms with E-state index in [2.05, 4.69) is 0 Å². The van der Waals surface area contributed by atoms with Crippen molar-refractivity contribution in [2.75, 3.05) is 7.11 Å². The van der Waals surface area contributed by atoms with Crippen LogP contribution in [-0.4, -0.2) is 22.4 Å². The van der Waals surface area contributed by atoms with Gasteiger partial charge in [0.25, 0.3) is 5.69 Å². The molecule has 0 amide bonds. The zero-order valence-corrected chi connectivity index (χ0v) is 14.9. The average molecular weight is 373 g/mol. The number of ketones is 1. The topological polar surface area (TPSA) is 98.2 Å². The second-order valence-electron chi connectivity index (χ2n) is 5.81. The first kappa shape index (κ1) is 18.6. The Labute approximate surface area is 160 Å². The summed E-state index contributed by atoms with van der Waals surface area (Å²) in [6.45, 7) is 0. The highest BCUT2D eigenvalue weighted by Gasteiger charge is 2.14. The van der Waals surface area contributed by atoms with E-state index >= 15 is 0 Å². The van der Waals surface area contributed by atoms with Gasteiger partial charge in [-0.1, -0.05) is 12.1 Å². The minimum absolute atomic E-state index is 0.0149. The van der Waals surface area contributed by atoms with E-state index in [0.29, 0.717) is 22.7 Å². The van der Waals surface area contributed by atoms with Crippen LogP contribution in [0.4, 0.5) is 5.69 Å². The Balaban J connectivity index is 1.96. The Morgan fingerprint density at radius 3 is 2.57 bits per heavy atom. The summed E-state index contributed by atoms with van der Waals surface area (Å²) in [5, 5.41) is 20.3. The minimum atomic E-state index is -0.471. The normalized spacial score (nSPS) is 10.9. The Morgan fingerprint density at radius 2 is 1.93 bits per heavy atom. The highest BCUT2D eigenvalue weighted by molar-refractivity contribution is 6.14. The van der Waals surface area contributed by atoms with Crippen LogP contribution in [0, 0.1) is 21.4 Å². The van der Waals surface area contributed by atoms with Crippen LogP contribution in [0.2, 0.25) is 0 Å². The fourth-order valence-electron chi connectivity index (χ4n) is 2.70. The van der Waals surface area contributed by atoms with Gasteiger partial charge in [0.1, 0.15) is 17.4 Å². The van der Waals surface area contributed by atoms with Gasteiger partial charge >= 0.3 is 0 Å². The highest BCUT2D eigenvalue weighted by atomic mass is 16.6. The van der Waals surface area contributed by atoms with Crippen molar-refractivity contribution in [3.63, 3.8) is 0 Å². The minimum Gasteiger partial charge on any atom is -0.497 e. The smallest absolute Gasteiger partial charge is 0.269 e. The number of carbonyl (C=O) groups excluding carboxylic acids is 1. The first-order valence-electron chi connectivity index (χ1n) is 8.26. The van der Waals surface area contributed by atoms with Gasteiger partial charge in [-0.3, -0.25) is 14.9 Å². The molecule has 0 fully saturated rings. The molecule has 0 aliphatic heterocycles. The number of allylic oxidation sites excluding steroid dienone is 1. The van der Waals surface area contributed by atoms with Gasteiger partial charge in [0, 0.05) is 35.3 Å². The Morgan fingerprint density at radius 1 is 1.18 bits per heavy atom. The summed E-state index contributed by atoms with van der Waals surface area (Å²) >= 11 is 0. The summed E-state index contributed by atoms with van der Waals surface area (Å²) in [6, 6.07) is 18.0. The molecule has 3 aromatic rings. The van der Waals surface area contributed by atoms with E-state index in [9.17, 15) is 20.2 Å². The second-order valence-corrected chi connectivity index (χ2v) is 5.81. The SMILES string of the molecule is COc1cccc(C(=O)/C(C#N)=C/c2cccn2-c2ccc([N+](=O)[O-])cc2)c1. The second kappa shape index (κ2) is 8.01. The summed E-state index contributed by atoms with van der Waals surface area (Å²) in [6.07, 6.45) is 3.24. The molecule has 138 valence electrons. The molecule has 3 rings (SSSR count). The quantitative estimate of drug-likeness (QED) is 0.212. The number of nitro benzene ring substituents is 1. The van der Waals surface area contributed by atoms with Gasteiger partial charge in [-0.2, -0.15) is 5.26 Å². The maximum Gasteiger partial charge on any atom is 0.269 e. The third-order valence-electron chi connectivity index (χ3n) is 4.11. The van der Waals surface area contributed by atoms with Crippen molar-refractivity contribution in [1.29, 1.82) is 5.26 Å².